The maximum absolute atomic E-state index is 9.08. The average molecular weight is 462 g/mol. The Morgan fingerprint density at radius 2 is 1.83 bits per heavy atom. The van der Waals surface area contributed by atoms with Gasteiger partial charge in [-0.25, -0.2) is 4.98 Å². The van der Waals surface area contributed by atoms with E-state index in [0.29, 0.717) is 37.9 Å². The molecule has 0 aliphatic carbocycles. The highest BCUT2D eigenvalue weighted by atomic mass is 35.5. The molecule has 0 radical (unpaired) electrons. The van der Waals surface area contributed by atoms with E-state index in [1.807, 2.05) is 24.3 Å². The highest BCUT2D eigenvalue weighted by Gasteiger charge is 2.10. The lowest BCUT2D eigenvalue weighted by atomic mass is 10.2. The number of rotatable bonds is 5. The van der Waals surface area contributed by atoms with Gasteiger partial charge in [0.15, 0.2) is 0 Å². The smallest absolute Gasteiger partial charge is 0.149 e. The van der Waals surface area contributed by atoms with Gasteiger partial charge in [0.25, 0.3) is 0 Å². The molecule has 0 saturated heterocycles. The molecule has 0 spiro atoms. The van der Waals surface area contributed by atoms with Crippen LogP contribution in [-0.2, 0) is 6.61 Å². The standard InChI is InChI=1S/C21H11Cl3N2O2S/c22-13-6-12(10-25)7-15(8-13)28-19-9-14(4-5-16(19)23)27-11-20-26-18-3-1-2-17(24)21(18)29-20/h1-9H,11H2. The van der Waals surface area contributed by atoms with Crippen LogP contribution in [0.4, 0.5) is 0 Å². The van der Waals surface area contributed by atoms with Gasteiger partial charge in [0, 0.05) is 11.1 Å². The van der Waals surface area contributed by atoms with Gasteiger partial charge in [-0.1, -0.05) is 40.9 Å². The SMILES string of the molecule is N#Cc1cc(Cl)cc(Oc2cc(OCc3nc4cccc(Cl)c4s3)ccc2Cl)c1. The first-order valence-corrected chi connectivity index (χ1v) is 10.3. The number of nitrogens with zero attached hydrogens (tertiary/aromatic N) is 2. The first-order valence-electron chi connectivity index (χ1n) is 8.36. The van der Waals surface area contributed by atoms with E-state index in [4.69, 9.17) is 49.5 Å². The highest BCUT2D eigenvalue weighted by Crippen LogP contribution is 2.35. The van der Waals surface area contributed by atoms with Crippen LogP contribution < -0.4 is 9.47 Å². The molecule has 0 amide bonds. The van der Waals surface area contributed by atoms with Crippen LogP contribution >= 0.6 is 46.1 Å². The second-order valence-corrected chi connectivity index (χ2v) is 8.30. The van der Waals surface area contributed by atoms with Crippen molar-refractivity contribution in [2.24, 2.45) is 0 Å². The van der Waals surface area contributed by atoms with Gasteiger partial charge >= 0.3 is 0 Å². The van der Waals surface area contributed by atoms with E-state index in [0.717, 1.165) is 15.2 Å². The number of benzene rings is 3. The lowest BCUT2D eigenvalue weighted by Gasteiger charge is -2.11. The molecule has 1 heterocycles. The summed E-state index contributed by atoms with van der Waals surface area (Å²) in [6, 6.07) is 17.5. The van der Waals surface area contributed by atoms with Crippen molar-refractivity contribution in [1.29, 1.82) is 5.26 Å². The molecule has 0 atom stereocenters. The van der Waals surface area contributed by atoms with E-state index in [-0.39, 0.29) is 6.61 Å². The lowest BCUT2D eigenvalue weighted by molar-refractivity contribution is 0.304. The molecule has 0 saturated carbocycles. The minimum atomic E-state index is 0.284. The summed E-state index contributed by atoms with van der Waals surface area (Å²) < 4.78 is 12.6. The number of fused-ring (bicyclic) bond motifs is 1. The first-order chi connectivity index (χ1) is 14.0. The fourth-order valence-corrected chi connectivity index (χ4v) is 4.18. The molecular formula is C21H11Cl3N2O2S. The fraction of sp³-hybridized carbons (Fsp3) is 0.0476. The van der Waals surface area contributed by atoms with Crippen LogP contribution in [0.5, 0.6) is 17.2 Å². The predicted molar refractivity (Wildman–Crippen MR) is 117 cm³/mol. The maximum Gasteiger partial charge on any atom is 0.149 e. The third-order valence-electron chi connectivity index (χ3n) is 3.90. The van der Waals surface area contributed by atoms with Gasteiger partial charge in [0.05, 0.1) is 31.9 Å². The van der Waals surface area contributed by atoms with Crippen LogP contribution in [-0.4, -0.2) is 4.98 Å². The maximum atomic E-state index is 9.08. The Balaban J connectivity index is 1.53. The Hall–Kier alpha value is -2.49. The molecular weight excluding hydrogens is 451 g/mol. The van der Waals surface area contributed by atoms with Crippen LogP contribution in [0, 0.1) is 11.3 Å². The van der Waals surface area contributed by atoms with E-state index in [9.17, 15) is 0 Å². The molecule has 0 N–H and O–H groups in total. The van der Waals surface area contributed by atoms with Crippen molar-refractivity contribution < 1.29 is 9.47 Å². The van der Waals surface area contributed by atoms with Gasteiger partial charge in [0.1, 0.15) is 28.9 Å². The Bertz CT molecular complexity index is 1250. The van der Waals surface area contributed by atoms with Crippen LogP contribution in [0.3, 0.4) is 0 Å². The Morgan fingerprint density at radius 3 is 2.62 bits per heavy atom. The van der Waals surface area contributed by atoms with Crippen molar-refractivity contribution in [2.75, 3.05) is 0 Å². The summed E-state index contributed by atoms with van der Waals surface area (Å²) >= 11 is 20.0. The minimum Gasteiger partial charge on any atom is -0.486 e. The van der Waals surface area contributed by atoms with Crippen molar-refractivity contribution in [3.8, 4) is 23.3 Å². The molecule has 144 valence electrons. The predicted octanol–water partition coefficient (Wildman–Crippen LogP) is 7.50. The van der Waals surface area contributed by atoms with Crippen molar-refractivity contribution >= 4 is 56.4 Å². The van der Waals surface area contributed by atoms with Crippen LogP contribution in [0.2, 0.25) is 15.1 Å². The summed E-state index contributed by atoms with van der Waals surface area (Å²) in [6.45, 7) is 0.284. The molecule has 4 aromatic rings. The monoisotopic (exact) mass is 460 g/mol. The van der Waals surface area contributed by atoms with E-state index in [1.54, 1.807) is 36.4 Å². The molecule has 0 aliphatic heterocycles. The quantitative estimate of drug-likeness (QED) is 0.309. The zero-order valence-corrected chi connectivity index (χ0v) is 17.7. The van der Waals surface area contributed by atoms with Gasteiger partial charge in [-0.2, -0.15) is 5.26 Å². The molecule has 8 heteroatoms. The van der Waals surface area contributed by atoms with Gasteiger partial charge in [-0.15, -0.1) is 11.3 Å². The lowest BCUT2D eigenvalue weighted by Crippen LogP contribution is -1.95. The Labute approximate surface area is 185 Å². The van der Waals surface area contributed by atoms with Gasteiger partial charge in [-0.05, 0) is 42.5 Å². The number of halogens is 3. The summed E-state index contributed by atoms with van der Waals surface area (Å²) in [6.07, 6.45) is 0. The number of hydrogen-bond acceptors (Lipinski definition) is 5. The molecule has 3 aromatic carbocycles. The number of thiazole rings is 1. The number of ether oxygens (including phenoxy) is 2. The molecule has 29 heavy (non-hydrogen) atoms. The van der Waals surface area contributed by atoms with Gasteiger partial charge < -0.3 is 9.47 Å². The molecule has 0 bridgehead atoms. The normalized spacial score (nSPS) is 10.7. The molecule has 4 rings (SSSR count). The number of aromatic nitrogens is 1. The topological polar surface area (TPSA) is 55.1 Å². The second kappa shape index (κ2) is 8.48. The van der Waals surface area contributed by atoms with Crippen molar-refractivity contribution in [3.63, 3.8) is 0 Å². The summed E-state index contributed by atoms with van der Waals surface area (Å²) in [4.78, 5) is 4.53. The molecule has 4 nitrogen and oxygen atoms in total. The third-order valence-corrected chi connectivity index (χ3v) is 5.94. The number of hydrogen-bond donors (Lipinski definition) is 0. The van der Waals surface area contributed by atoms with Crippen LogP contribution in [0.1, 0.15) is 10.6 Å². The van der Waals surface area contributed by atoms with E-state index in [1.165, 1.54) is 11.3 Å². The summed E-state index contributed by atoms with van der Waals surface area (Å²) in [5.74, 6) is 1.37. The largest absolute Gasteiger partial charge is 0.486 e. The van der Waals surface area contributed by atoms with Crippen molar-refractivity contribution in [1.82, 2.24) is 4.98 Å². The molecule has 0 unspecified atom stereocenters. The fourth-order valence-electron chi connectivity index (χ4n) is 2.63. The van der Waals surface area contributed by atoms with Crippen molar-refractivity contribution in [3.05, 3.63) is 80.2 Å². The first kappa shape index (κ1) is 19.8. The Kier molecular flexibility index (Phi) is 5.79. The minimum absolute atomic E-state index is 0.284. The molecule has 0 fully saturated rings. The summed E-state index contributed by atoms with van der Waals surface area (Å²) in [5, 5.41) is 11.4. The average Bonchev–Trinajstić information content (AvgIpc) is 3.13. The third kappa shape index (κ3) is 4.58. The summed E-state index contributed by atoms with van der Waals surface area (Å²) in [7, 11) is 0. The van der Waals surface area contributed by atoms with E-state index in [2.05, 4.69) is 4.98 Å². The molecule has 1 aromatic heterocycles. The van der Waals surface area contributed by atoms with Crippen LogP contribution in [0.25, 0.3) is 10.2 Å². The zero-order valence-electron chi connectivity index (χ0n) is 14.7. The zero-order chi connectivity index (χ0) is 20.4. The number of nitriles is 1. The van der Waals surface area contributed by atoms with Crippen LogP contribution in [0.15, 0.2) is 54.6 Å². The molecule has 0 aliphatic rings. The van der Waals surface area contributed by atoms with Gasteiger partial charge in [-0.3, -0.25) is 0 Å². The van der Waals surface area contributed by atoms with E-state index < -0.39 is 0 Å². The van der Waals surface area contributed by atoms with E-state index >= 15 is 0 Å². The van der Waals surface area contributed by atoms with Gasteiger partial charge in [0.2, 0.25) is 0 Å². The van der Waals surface area contributed by atoms with Crippen molar-refractivity contribution in [2.45, 2.75) is 6.61 Å². The second-order valence-electron chi connectivity index (χ2n) is 5.97. The Morgan fingerprint density at radius 1 is 0.966 bits per heavy atom. The summed E-state index contributed by atoms with van der Waals surface area (Å²) in [5.41, 5.74) is 1.24. The highest BCUT2D eigenvalue weighted by molar-refractivity contribution is 7.19.